The highest BCUT2D eigenvalue weighted by Crippen LogP contribution is 2.38. The molecule has 0 spiro atoms. The lowest BCUT2D eigenvalue weighted by molar-refractivity contribution is -0.123. The van der Waals surface area contributed by atoms with Crippen molar-refractivity contribution in [2.45, 2.75) is 36.3 Å². The number of rotatable bonds is 4. The zero-order chi connectivity index (χ0) is 15.0. The van der Waals surface area contributed by atoms with Gasteiger partial charge in [0.2, 0.25) is 5.91 Å². The minimum absolute atomic E-state index is 0.0162. The number of sulfone groups is 1. The van der Waals surface area contributed by atoms with Gasteiger partial charge in [0.25, 0.3) is 0 Å². The minimum atomic E-state index is -3.19. The number of carbonyl (C=O) groups is 1. The largest absolute Gasteiger partial charge is 0.378 e. The van der Waals surface area contributed by atoms with Crippen molar-refractivity contribution < 1.29 is 17.9 Å². The summed E-state index contributed by atoms with van der Waals surface area (Å²) in [4.78, 5) is 12.3. The van der Waals surface area contributed by atoms with Gasteiger partial charge in [-0.15, -0.1) is 0 Å². The van der Waals surface area contributed by atoms with Crippen molar-refractivity contribution in [1.82, 2.24) is 5.32 Å². The number of benzene rings is 1. The molecule has 2 fully saturated rings. The summed E-state index contributed by atoms with van der Waals surface area (Å²) in [5, 5.41) is 3.04. The Morgan fingerprint density at radius 1 is 1.33 bits per heavy atom. The highest BCUT2D eigenvalue weighted by molar-refractivity contribution is 7.90. The maximum absolute atomic E-state index is 12.0. The van der Waals surface area contributed by atoms with E-state index in [1.54, 1.807) is 24.3 Å². The molecule has 0 radical (unpaired) electrons. The van der Waals surface area contributed by atoms with Gasteiger partial charge >= 0.3 is 0 Å². The van der Waals surface area contributed by atoms with E-state index in [2.05, 4.69) is 5.32 Å². The highest BCUT2D eigenvalue weighted by Gasteiger charge is 2.45. The molecule has 1 N–H and O–H groups in total. The van der Waals surface area contributed by atoms with Crippen LogP contribution in [0.25, 0.3) is 0 Å². The zero-order valence-corrected chi connectivity index (χ0v) is 12.7. The van der Waals surface area contributed by atoms with E-state index < -0.39 is 9.84 Å². The molecule has 2 aliphatic rings. The number of hydrogen-bond acceptors (Lipinski definition) is 4. The van der Waals surface area contributed by atoms with Crippen molar-refractivity contribution in [2.75, 3.05) is 12.9 Å². The van der Waals surface area contributed by atoms with Gasteiger partial charge in [-0.2, -0.15) is 0 Å². The SMILES string of the molecule is CS(=O)(=O)c1ccc(CC(=O)N[C@@H]2C[C@H]3OCC[C@@H]23)cc1. The lowest BCUT2D eigenvalue weighted by atomic mass is 9.76. The quantitative estimate of drug-likeness (QED) is 0.898. The second-order valence-electron chi connectivity index (χ2n) is 5.86. The molecule has 1 saturated heterocycles. The smallest absolute Gasteiger partial charge is 0.224 e. The van der Waals surface area contributed by atoms with Gasteiger partial charge in [-0.3, -0.25) is 4.79 Å². The number of nitrogens with one attached hydrogen (secondary N) is 1. The molecule has 1 aliphatic heterocycles. The summed E-state index contributed by atoms with van der Waals surface area (Å²) in [6.45, 7) is 0.800. The van der Waals surface area contributed by atoms with Gasteiger partial charge in [-0.1, -0.05) is 12.1 Å². The Morgan fingerprint density at radius 2 is 2.05 bits per heavy atom. The van der Waals surface area contributed by atoms with E-state index in [0.29, 0.717) is 12.0 Å². The first kappa shape index (κ1) is 14.5. The summed E-state index contributed by atoms with van der Waals surface area (Å²) in [6, 6.07) is 6.71. The molecule has 0 bridgehead atoms. The van der Waals surface area contributed by atoms with Crippen molar-refractivity contribution in [1.29, 1.82) is 0 Å². The minimum Gasteiger partial charge on any atom is -0.378 e. The van der Waals surface area contributed by atoms with Crippen LogP contribution < -0.4 is 5.32 Å². The average Bonchev–Trinajstić information content (AvgIpc) is 2.77. The second kappa shape index (κ2) is 5.42. The molecular formula is C15H19NO4S. The van der Waals surface area contributed by atoms with Gasteiger partial charge < -0.3 is 10.1 Å². The van der Waals surface area contributed by atoms with Gasteiger partial charge in [-0.05, 0) is 30.5 Å². The summed E-state index contributed by atoms with van der Waals surface area (Å²) in [6.07, 6.45) is 3.72. The lowest BCUT2D eigenvalue weighted by Crippen LogP contribution is -2.53. The second-order valence-corrected chi connectivity index (χ2v) is 7.88. The Morgan fingerprint density at radius 3 is 2.67 bits per heavy atom. The molecule has 21 heavy (non-hydrogen) atoms. The predicted octanol–water partition coefficient (Wildman–Crippen LogP) is 0.926. The normalized spacial score (nSPS) is 27.8. The van der Waals surface area contributed by atoms with Crippen molar-refractivity contribution in [3.05, 3.63) is 29.8 Å². The van der Waals surface area contributed by atoms with Gasteiger partial charge in [0.05, 0.1) is 17.4 Å². The van der Waals surface area contributed by atoms with Crippen LogP contribution in [0.15, 0.2) is 29.2 Å². The summed E-state index contributed by atoms with van der Waals surface area (Å²) in [5.74, 6) is 0.457. The van der Waals surface area contributed by atoms with E-state index >= 15 is 0 Å². The molecule has 1 aliphatic carbocycles. The van der Waals surface area contributed by atoms with E-state index in [-0.39, 0.29) is 23.3 Å². The lowest BCUT2D eigenvalue weighted by Gasteiger charge is -2.39. The highest BCUT2D eigenvalue weighted by atomic mass is 32.2. The topological polar surface area (TPSA) is 72.5 Å². The summed E-state index contributed by atoms with van der Waals surface area (Å²) in [5.41, 5.74) is 0.818. The van der Waals surface area contributed by atoms with E-state index in [0.717, 1.165) is 25.0 Å². The molecule has 1 heterocycles. The molecule has 3 atom stereocenters. The third kappa shape index (κ3) is 3.11. The van der Waals surface area contributed by atoms with Crippen molar-refractivity contribution in [3.8, 4) is 0 Å². The molecule has 0 unspecified atom stereocenters. The summed E-state index contributed by atoms with van der Waals surface area (Å²) in [7, 11) is -3.19. The first-order valence-corrected chi connectivity index (χ1v) is 9.02. The van der Waals surface area contributed by atoms with Gasteiger partial charge in [0, 0.05) is 24.8 Å². The van der Waals surface area contributed by atoms with Crippen LogP contribution in [-0.2, 0) is 25.8 Å². The summed E-state index contributed by atoms with van der Waals surface area (Å²) >= 11 is 0. The van der Waals surface area contributed by atoms with Crippen LogP contribution in [0.4, 0.5) is 0 Å². The first-order chi connectivity index (χ1) is 9.93. The van der Waals surface area contributed by atoms with Crippen LogP contribution in [-0.4, -0.2) is 39.3 Å². The van der Waals surface area contributed by atoms with E-state index in [4.69, 9.17) is 4.74 Å². The number of ether oxygens (including phenoxy) is 1. The predicted molar refractivity (Wildman–Crippen MR) is 77.7 cm³/mol. The molecule has 3 rings (SSSR count). The van der Waals surface area contributed by atoms with Crippen LogP contribution in [0.5, 0.6) is 0 Å². The maximum Gasteiger partial charge on any atom is 0.224 e. The maximum atomic E-state index is 12.0. The van der Waals surface area contributed by atoms with Gasteiger partial charge in [0.1, 0.15) is 0 Å². The monoisotopic (exact) mass is 309 g/mol. The zero-order valence-electron chi connectivity index (χ0n) is 11.9. The van der Waals surface area contributed by atoms with Gasteiger partial charge in [-0.25, -0.2) is 8.42 Å². The number of carbonyl (C=O) groups excluding carboxylic acids is 1. The van der Waals surface area contributed by atoms with Crippen molar-refractivity contribution >= 4 is 15.7 Å². The van der Waals surface area contributed by atoms with Crippen LogP contribution in [0.2, 0.25) is 0 Å². The Labute approximate surface area is 124 Å². The fraction of sp³-hybridized carbons (Fsp3) is 0.533. The van der Waals surface area contributed by atoms with Crippen LogP contribution in [0, 0.1) is 5.92 Å². The molecule has 1 amide bonds. The van der Waals surface area contributed by atoms with Crippen LogP contribution in [0.3, 0.4) is 0 Å². The van der Waals surface area contributed by atoms with Crippen molar-refractivity contribution in [2.24, 2.45) is 5.92 Å². The number of fused-ring (bicyclic) bond motifs is 1. The standard InChI is InChI=1S/C15H19NO4S/c1-21(18,19)11-4-2-10(3-5-11)8-15(17)16-13-9-14-12(13)6-7-20-14/h2-5,12-14H,6-9H2,1H3,(H,16,17)/t12-,13+,14+/m0/s1. The van der Waals surface area contributed by atoms with Crippen LogP contribution in [0.1, 0.15) is 18.4 Å². The Bertz CT molecular complexity index is 638. The Hall–Kier alpha value is -1.40. The Kier molecular flexibility index (Phi) is 3.75. The molecule has 1 aromatic rings. The third-order valence-corrected chi connectivity index (χ3v) is 5.45. The van der Waals surface area contributed by atoms with E-state index in [9.17, 15) is 13.2 Å². The van der Waals surface area contributed by atoms with E-state index in [1.165, 1.54) is 6.26 Å². The van der Waals surface area contributed by atoms with Crippen LogP contribution >= 0.6 is 0 Å². The molecule has 6 heteroatoms. The van der Waals surface area contributed by atoms with E-state index in [1.807, 2.05) is 0 Å². The average molecular weight is 309 g/mol. The molecule has 5 nitrogen and oxygen atoms in total. The fourth-order valence-corrected chi connectivity index (χ4v) is 3.69. The molecule has 1 aromatic carbocycles. The van der Waals surface area contributed by atoms with Gasteiger partial charge in [0.15, 0.2) is 9.84 Å². The number of amides is 1. The molecular weight excluding hydrogens is 290 g/mol. The Balaban J connectivity index is 1.55. The molecule has 0 aromatic heterocycles. The fourth-order valence-electron chi connectivity index (χ4n) is 3.06. The number of hydrogen-bond donors (Lipinski definition) is 1. The van der Waals surface area contributed by atoms with Crippen molar-refractivity contribution in [3.63, 3.8) is 0 Å². The molecule has 1 saturated carbocycles. The first-order valence-electron chi connectivity index (χ1n) is 7.13. The summed E-state index contributed by atoms with van der Waals surface area (Å²) < 4.78 is 28.3. The third-order valence-electron chi connectivity index (χ3n) is 4.33. The molecule has 114 valence electrons.